The first-order valence-electron chi connectivity index (χ1n) is 13.9. The molecule has 0 heterocycles. The number of hydrogen-bond acceptors (Lipinski definition) is 2. The Hall–Kier alpha value is -0.0800. The summed E-state index contributed by atoms with van der Waals surface area (Å²) in [5, 5.41) is 9.21. The summed E-state index contributed by atoms with van der Waals surface area (Å²) in [6, 6.07) is 0. The van der Waals surface area contributed by atoms with E-state index in [0.29, 0.717) is 12.7 Å². The molecule has 1 N–H and O–H groups in total. The molecule has 0 saturated heterocycles. The zero-order valence-corrected chi connectivity index (χ0v) is 20.5. The summed E-state index contributed by atoms with van der Waals surface area (Å²) in [5.41, 5.74) is 0. The molecule has 0 bridgehead atoms. The zero-order chi connectivity index (χ0) is 21.3. The average molecular weight is 421 g/mol. The molecule has 0 aromatic heterocycles. The van der Waals surface area contributed by atoms with Crippen LogP contribution in [0.25, 0.3) is 0 Å². The number of hydrogen-bond donors (Lipinski definition) is 1. The first-order valence-corrected chi connectivity index (χ1v) is 13.9. The number of aliphatic hydroxyl groups is 1. The van der Waals surface area contributed by atoms with Crippen LogP contribution in [0.15, 0.2) is 0 Å². The maximum Gasteiger partial charge on any atom is 0.0578 e. The van der Waals surface area contributed by atoms with E-state index in [1.54, 1.807) is 0 Å². The molecule has 3 fully saturated rings. The van der Waals surface area contributed by atoms with E-state index in [9.17, 15) is 5.11 Å². The van der Waals surface area contributed by atoms with Crippen molar-refractivity contribution in [3.8, 4) is 0 Å². The van der Waals surface area contributed by atoms with Gasteiger partial charge in [0.15, 0.2) is 0 Å². The molecule has 0 aromatic carbocycles. The van der Waals surface area contributed by atoms with E-state index in [1.165, 1.54) is 89.9 Å². The Balaban J connectivity index is 1.46. The lowest BCUT2D eigenvalue weighted by molar-refractivity contribution is -0.0460. The summed E-state index contributed by atoms with van der Waals surface area (Å²) >= 11 is 0. The van der Waals surface area contributed by atoms with Crippen LogP contribution in [0.1, 0.15) is 117 Å². The van der Waals surface area contributed by atoms with Crippen molar-refractivity contribution in [2.75, 3.05) is 13.2 Å². The van der Waals surface area contributed by atoms with Crippen molar-refractivity contribution in [2.24, 2.45) is 41.4 Å². The Bertz CT molecular complexity index is 456. The van der Waals surface area contributed by atoms with Crippen molar-refractivity contribution in [3.05, 3.63) is 0 Å². The minimum absolute atomic E-state index is 0.374. The Morgan fingerprint density at radius 3 is 1.90 bits per heavy atom. The fraction of sp³-hybridized carbons (Fsp3) is 1.00. The Morgan fingerprint density at radius 2 is 1.27 bits per heavy atom. The van der Waals surface area contributed by atoms with Gasteiger partial charge in [0.2, 0.25) is 0 Å². The summed E-state index contributed by atoms with van der Waals surface area (Å²) in [6.45, 7) is 8.62. The largest absolute Gasteiger partial charge is 0.396 e. The van der Waals surface area contributed by atoms with Gasteiger partial charge in [-0.1, -0.05) is 59.3 Å². The molecule has 6 unspecified atom stereocenters. The highest BCUT2D eigenvalue weighted by molar-refractivity contribution is 4.90. The van der Waals surface area contributed by atoms with Crippen LogP contribution < -0.4 is 0 Å². The van der Waals surface area contributed by atoms with Gasteiger partial charge in [-0.3, -0.25) is 0 Å². The van der Waals surface area contributed by atoms with E-state index in [-0.39, 0.29) is 0 Å². The Kier molecular flexibility index (Phi) is 10.5. The Morgan fingerprint density at radius 1 is 0.667 bits per heavy atom. The number of rotatable bonds is 10. The van der Waals surface area contributed by atoms with Gasteiger partial charge in [0, 0.05) is 13.2 Å². The quantitative estimate of drug-likeness (QED) is 0.393. The molecule has 30 heavy (non-hydrogen) atoms. The van der Waals surface area contributed by atoms with Crippen LogP contribution >= 0.6 is 0 Å². The summed E-state index contributed by atoms with van der Waals surface area (Å²) in [6.07, 6.45) is 20.9. The van der Waals surface area contributed by atoms with Crippen LogP contribution in [-0.2, 0) is 4.74 Å². The Labute approximate surface area is 187 Å². The van der Waals surface area contributed by atoms with Gasteiger partial charge in [0.05, 0.1) is 6.10 Å². The summed E-state index contributed by atoms with van der Waals surface area (Å²) in [4.78, 5) is 0. The maximum atomic E-state index is 9.21. The van der Waals surface area contributed by atoms with Crippen molar-refractivity contribution < 1.29 is 9.84 Å². The van der Waals surface area contributed by atoms with Gasteiger partial charge in [0.1, 0.15) is 0 Å². The molecule has 6 atom stereocenters. The van der Waals surface area contributed by atoms with E-state index >= 15 is 0 Å². The van der Waals surface area contributed by atoms with Crippen LogP contribution in [0.4, 0.5) is 0 Å². The molecular weight excluding hydrogens is 368 g/mol. The lowest BCUT2D eigenvalue weighted by Crippen LogP contribution is -2.39. The molecule has 0 radical (unpaired) electrons. The molecule has 3 rings (SSSR count). The van der Waals surface area contributed by atoms with Gasteiger partial charge in [-0.2, -0.15) is 0 Å². The summed E-state index contributed by atoms with van der Waals surface area (Å²) < 4.78 is 6.55. The van der Waals surface area contributed by atoms with Gasteiger partial charge in [0.25, 0.3) is 0 Å². The molecule has 0 aromatic rings. The lowest BCUT2D eigenvalue weighted by Gasteiger charge is -2.46. The number of ether oxygens (including phenoxy) is 1. The molecule has 3 aliphatic rings. The van der Waals surface area contributed by atoms with Crippen molar-refractivity contribution in [2.45, 2.75) is 123 Å². The van der Waals surface area contributed by atoms with Crippen molar-refractivity contribution in [3.63, 3.8) is 0 Å². The van der Waals surface area contributed by atoms with E-state index in [2.05, 4.69) is 20.8 Å². The number of aliphatic hydroxyl groups excluding tert-OH is 1. The lowest BCUT2D eigenvalue weighted by atomic mass is 9.60. The van der Waals surface area contributed by atoms with Gasteiger partial charge >= 0.3 is 0 Å². The molecular formula is C28H52O2. The molecule has 3 aliphatic carbocycles. The highest BCUT2D eigenvalue weighted by Crippen LogP contribution is 2.48. The van der Waals surface area contributed by atoms with Crippen LogP contribution in [0.2, 0.25) is 0 Å². The molecule has 0 aliphatic heterocycles. The minimum atomic E-state index is 0.374. The fourth-order valence-corrected chi connectivity index (χ4v) is 7.57. The first-order chi connectivity index (χ1) is 14.7. The normalized spacial score (nSPS) is 40.4. The fourth-order valence-electron chi connectivity index (χ4n) is 7.57. The monoisotopic (exact) mass is 420 g/mol. The minimum Gasteiger partial charge on any atom is -0.396 e. The third-order valence-corrected chi connectivity index (χ3v) is 9.62. The van der Waals surface area contributed by atoms with Crippen molar-refractivity contribution in [1.82, 2.24) is 0 Å². The predicted octanol–water partition coefficient (Wildman–Crippen LogP) is 7.63. The molecule has 2 heteroatoms. The first kappa shape index (κ1) is 24.6. The van der Waals surface area contributed by atoms with Crippen LogP contribution in [0.3, 0.4) is 0 Å². The van der Waals surface area contributed by atoms with E-state index < -0.39 is 0 Å². The maximum absolute atomic E-state index is 9.21. The van der Waals surface area contributed by atoms with Crippen LogP contribution in [0.5, 0.6) is 0 Å². The molecule has 176 valence electrons. The van der Waals surface area contributed by atoms with Gasteiger partial charge in [-0.15, -0.1) is 0 Å². The van der Waals surface area contributed by atoms with Crippen LogP contribution in [0, 0.1) is 41.4 Å². The molecule has 0 amide bonds. The molecule has 2 nitrogen and oxygen atoms in total. The van der Waals surface area contributed by atoms with Gasteiger partial charge in [-0.05, 0) is 99.2 Å². The highest BCUT2D eigenvalue weighted by atomic mass is 16.5. The predicted molar refractivity (Wildman–Crippen MR) is 128 cm³/mol. The summed E-state index contributed by atoms with van der Waals surface area (Å²) in [7, 11) is 0. The van der Waals surface area contributed by atoms with Crippen molar-refractivity contribution in [1.29, 1.82) is 0 Å². The second-order valence-electron chi connectivity index (χ2n) is 11.3. The second kappa shape index (κ2) is 12.8. The van der Waals surface area contributed by atoms with Gasteiger partial charge in [-0.25, -0.2) is 0 Å². The second-order valence-corrected chi connectivity index (χ2v) is 11.3. The third kappa shape index (κ3) is 6.71. The third-order valence-electron chi connectivity index (χ3n) is 9.62. The standard InChI is InChI=1S/C28H52O2/c1-4-21-9-11-23(12-10-21)20-30-26-14-16-28(25(6-3)19-26)27-15-13-22(8-7-17-29)18-24(27)5-2/h21-29H,4-20H2,1-3H3. The highest BCUT2D eigenvalue weighted by Gasteiger charge is 2.40. The van der Waals surface area contributed by atoms with E-state index in [4.69, 9.17) is 4.74 Å². The molecule has 3 saturated carbocycles. The molecule has 0 spiro atoms. The smallest absolute Gasteiger partial charge is 0.0578 e. The topological polar surface area (TPSA) is 29.5 Å². The van der Waals surface area contributed by atoms with E-state index in [0.717, 1.165) is 54.5 Å². The SMILES string of the molecule is CCC1CCC(COC2CCC(C3CCC(CCCO)CC3CC)C(CC)C2)CC1. The van der Waals surface area contributed by atoms with E-state index in [1.807, 2.05) is 0 Å². The van der Waals surface area contributed by atoms with Crippen molar-refractivity contribution >= 4 is 0 Å². The van der Waals surface area contributed by atoms with Crippen LogP contribution in [-0.4, -0.2) is 24.4 Å². The van der Waals surface area contributed by atoms with Gasteiger partial charge < -0.3 is 9.84 Å². The average Bonchev–Trinajstić information content (AvgIpc) is 2.81. The summed E-state index contributed by atoms with van der Waals surface area (Å²) in [5.74, 6) is 6.41. The zero-order valence-electron chi connectivity index (χ0n) is 20.5.